The molecule has 0 radical (unpaired) electrons. The monoisotopic (exact) mass is 322 g/mol. The van der Waals surface area contributed by atoms with Crippen molar-refractivity contribution < 1.29 is 48.0 Å². The van der Waals surface area contributed by atoms with E-state index in [2.05, 4.69) is 23.7 Å². The SMILES string of the molecule is COC(=O)OCOC(=O)C(CCCC(=O)O)COC(=O)OC. The molecule has 126 valence electrons. The number of aliphatic carboxylic acids is 1. The number of rotatable bonds is 9. The van der Waals surface area contributed by atoms with Gasteiger partial charge in [-0.05, 0) is 12.8 Å². The van der Waals surface area contributed by atoms with Gasteiger partial charge in [0.25, 0.3) is 0 Å². The summed E-state index contributed by atoms with van der Waals surface area (Å²) in [5.74, 6) is -2.73. The van der Waals surface area contributed by atoms with E-state index in [1.807, 2.05) is 0 Å². The van der Waals surface area contributed by atoms with E-state index in [-0.39, 0.29) is 25.9 Å². The molecule has 1 atom stereocenters. The van der Waals surface area contributed by atoms with Gasteiger partial charge < -0.3 is 28.8 Å². The van der Waals surface area contributed by atoms with E-state index >= 15 is 0 Å². The molecule has 1 unspecified atom stereocenters. The lowest BCUT2D eigenvalue weighted by atomic mass is 10.0. The Morgan fingerprint density at radius 3 is 2.09 bits per heavy atom. The normalized spacial score (nSPS) is 11.0. The van der Waals surface area contributed by atoms with Gasteiger partial charge in [0.05, 0.1) is 20.1 Å². The Kier molecular flexibility index (Phi) is 9.89. The first-order valence-electron chi connectivity index (χ1n) is 6.20. The Hall–Kier alpha value is -2.52. The Balaban J connectivity index is 4.33. The van der Waals surface area contributed by atoms with Crippen molar-refractivity contribution in [3.63, 3.8) is 0 Å². The van der Waals surface area contributed by atoms with Crippen molar-refractivity contribution in [3.05, 3.63) is 0 Å². The molecule has 10 heteroatoms. The van der Waals surface area contributed by atoms with E-state index < -0.39 is 37.0 Å². The molecule has 10 nitrogen and oxygen atoms in total. The topological polar surface area (TPSA) is 135 Å². The maximum atomic E-state index is 11.8. The van der Waals surface area contributed by atoms with Gasteiger partial charge in [0.15, 0.2) is 0 Å². The molecule has 0 fully saturated rings. The lowest BCUT2D eigenvalue weighted by Gasteiger charge is -2.15. The highest BCUT2D eigenvalue weighted by molar-refractivity contribution is 5.73. The first-order chi connectivity index (χ1) is 10.4. The van der Waals surface area contributed by atoms with Gasteiger partial charge in [0, 0.05) is 6.42 Å². The van der Waals surface area contributed by atoms with Gasteiger partial charge in [-0.2, -0.15) is 0 Å². The van der Waals surface area contributed by atoms with Crippen LogP contribution in [0.4, 0.5) is 9.59 Å². The third-order valence-corrected chi connectivity index (χ3v) is 2.39. The standard InChI is InChI=1S/C12H18O10/c1-18-11(16)20-6-8(4-3-5-9(13)14)10(15)21-7-22-12(17)19-2/h8H,3-7H2,1-2H3,(H,13,14). The van der Waals surface area contributed by atoms with E-state index in [4.69, 9.17) is 5.11 Å². The van der Waals surface area contributed by atoms with Crippen molar-refractivity contribution >= 4 is 24.2 Å². The second kappa shape index (κ2) is 11.2. The third kappa shape index (κ3) is 9.39. The molecule has 0 saturated heterocycles. The van der Waals surface area contributed by atoms with Gasteiger partial charge in [-0.15, -0.1) is 0 Å². The second-order valence-corrected chi connectivity index (χ2v) is 3.93. The summed E-state index contributed by atoms with van der Waals surface area (Å²) in [5, 5.41) is 8.56. The molecule has 1 N–H and O–H groups in total. The van der Waals surface area contributed by atoms with Crippen LogP contribution in [0.5, 0.6) is 0 Å². The van der Waals surface area contributed by atoms with Crippen molar-refractivity contribution in [2.24, 2.45) is 5.92 Å². The molecule has 0 aliphatic heterocycles. The number of ether oxygens (including phenoxy) is 5. The van der Waals surface area contributed by atoms with Crippen LogP contribution in [-0.4, -0.2) is 57.0 Å². The van der Waals surface area contributed by atoms with Crippen molar-refractivity contribution in [2.45, 2.75) is 19.3 Å². The quantitative estimate of drug-likeness (QED) is 0.371. The molecule has 0 aromatic carbocycles. The minimum Gasteiger partial charge on any atom is -0.481 e. The first kappa shape index (κ1) is 19.5. The zero-order valence-electron chi connectivity index (χ0n) is 12.2. The molecule has 0 bridgehead atoms. The number of methoxy groups -OCH3 is 2. The summed E-state index contributed by atoms with van der Waals surface area (Å²) >= 11 is 0. The van der Waals surface area contributed by atoms with Crippen LogP contribution in [0.3, 0.4) is 0 Å². The average molecular weight is 322 g/mol. The van der Waals surface area contributed by atoms with Crippen molar-refractivity contribution in [2.75, 3.05) is 27.6 Å². The van der Waals surface area contributed by atoms with Gasteiger partial charge in [0.1, 0.15) is 6.61 Å². The summed E-state index contributed by atoms with van der Waals surface area (Å²) in [5.41, 5.74) is 0. The van der Waals surface area contributed by atoms with Crippen LogP contribution in [0.25, 0.3) is 0 Å². The molecule has 0 aromatic rings. The number of carbonyl (C=O) groups excluding carboxylic acids is 3. The number of carboxylic acids is 1. The summed E-state index contributed by atoms with van der Waals surface area (Å²) in [7, 11) is 2.19. The van der Waals surface area contributed by atoms with Crippen LogP contribution in [0.1, 0.15) is 19.3 Å². The maximum absolute atomic E-state index is 11.8. The lowest BCUT2D eigenvalue weighted by molar-refractivity contribution is -0.160. The molecule has 0 amide bonds. The van der Waals surface area contributed by atoms with Crippen molar-refractivity contribution in [1.29, 1.82) is 0 Å². The molecule has 0 aliphatic carbocycles. The number of esters is 1. The van der Waals surface area contributed by atoms with Crippen LogP contribution < -0.4 is 0 Å². The predicted octanol–water partition coefficient (Wildman–Crippen LogP) is 0.924. The molecule has 0 aromatic heterocycles. The Morgan fingerprint density at radius 1 is 0.955 bits per heavy atom. The summed E-state index contributed by atoms with van der Waals surface area (Å²) in [4.78, 5) is 43.8. The fourth-order valence-electron chi connectivity index (χ4n) is 1.31. The minimum absolute atomic E-state index is 0.111. The van der Waals surface area contributed by atoms with Crippen LogP contribution in [0.15, 0.2) is 0 Å². The summed E-state index contributed by atoms with van der Waals surface area (Å²) < 4.78 is 22.1. The minimum atomic E-state index is -1.03. The fourth-order valence-corrected chi connectivity index (χ4v) is 1.31. The predicted molar refractivity (Wildman–Crippen MR) is 67.8 cm³/mol. The largest absolute Gasteiger partial charge is 0.510 e. The van der Waals surface area contributed by atoms with E-state index in [0.29, 0.717) is 0 Å². The van der Waals surface area contributed by atoms with E-state index in [1.165, 1.54) is 0 Å². The molecule has 0 saturated carbocycles. The molecular formula is C12H18O10. The van der Waals surface area contributed by atoms with E-state index in [1.54, 1.807) is 0 Å². The molecular weight excluding hydrogens is 304 g/mol. The van der Waals surface area contributed by atoms with Gasteiger partial charge in [-0.1, -0.05) is 0 Å². The Morgan fingerprint density at radius 2 is 1.55 bits per heavy atom. The van der Waals surface area contributed by atoms with E-state index in [9.17, 15) is 19.2 Å². The molecule has 0 heterocycles. The van der Waals surface area contributed by atoms with Crippen molar-refractivity contribution in [1.82, 2.24) is 0 Å². The van der Waals surface area contributed by atoms with Gasteiger partial charge in [-0.3, -0.25) is 9.59 Å². The van der Waals surface area contributed by atoms with Gasteiger partial charge in [-0.25, -0.2) is 9.59 Å². The molecule has 0 aliphatic rings. The Bertz CT molecular complexity index is 391. The summed E-state index contributed by atoms with van der Waals surface area (Å²) in [6, 6.07) is 0. The average Bonchev–Trinajstić information content (AvgIpc) is 2.49. The zero-order chi connectivity index (χ0) is 17.0. The van der Waals surface area contributed by atoms with Gasteiger partial charge in [0.2, 0.25) is 6.79 Å². The Labute approximate surface area is 126 Å². The lowest BCUT2D eigenvalue weighted by Crippen LogP contribution is -2.26. The maximum Gasteiger partial charge on any atom is 0.510 e. The van der Waals surface area contributed by atoms with Gasteiger partial charge >= 0.3 is 24.2 Å². The highest BCUT2D eigenvalue weighted by atomic mass is 16.8. The summed E-state index contributed by atoms with van der Waals surface area (Å²) in [6.45, 7) is -1.01. The second-order valence-electron chi connectivity index (χ2n) is 3.93. The number of hydrogen-bond donors (Lipinski definition) is 1. The number of carbonyl (C=O) groups is 4. The highest BCUT2D eigenvalue weighted by Gasteiger charge is 2.23. The highest BCUT2D eigenvalue weighted by Crippen LogP contribution is 2.12. The smallest absolute Gasteiger partial charge is 0.481 e. The van der Waals surface area contributed by atoms with Crippen LogP contribution >= 0.6 is 0 Å². The zero-order valence-corrected chi connectivity index (χ0v) is 12.2. The first-order valence-corrected chi connectivity index (χ1v) is 6.20. The number of hydrogen-bond acceptors (Lipinski definition) is 9. The van der Waals surface area contributed by atoms with Crippen LogP contribution in [0.2, 0.25) is 0 Å². The number of carboxylic acid groups (broad SMARTS) is 1. The fraction of sp³-hybridized carbons (Fsp3) is 0.667. The third-order valence-electron chi connectivity index (χ3n) is 2.39. The summed E-state index contributed by atoms with van der Waals surface area (Å²) in [6.07, 6.45) is -1.87. The van der Waals surface area contributed by atoms with E-state index in [0.717, 1.165) is 14.2 Å². The molecule has 22 heavy (non-hydrogen) atoms. The van der Waals surface area contributed by atoms with Crippen molar-refractivity contribution in [3.8, 4) is 0 Å². The van der Waals surface area contributed by atoms with Crippen LogP contribution in [-0.2, 0) is 33.3 Å². The molecule has 0 rings (SSSR count). The van der Waals surface area contributed by atoms with Crippen LogP contribution in [0, 0.1) is 5.92 Å². The molecule has 0 spiro atoms.